The predicted molar refractivity (Wildman–Crippen MR) is 69.9 cm³/mol. The lowest BCUT2D eigenvalue weighted by Crippen LogP contribution is -2.38. The van der Waals surface area contributed by atoms with Crippen molar-refractivity contribution in [3.63, 3.8) is 0 Å². The van der Waals surface area contributed by atoms with E-state index in [0.29, 0.717) is 0 Å². The van der Waals surface area contributed by atoms with Gasteiger partial charge in [-0.15, -0.1) is 0 Å². The highest BCUT2D eigenvalue weighted by Crippen LogP contribution is 2.14. The van der Waals surface area contributed by atoms with Gasteiger partial charge in [0, 0.05) is 37.4 Å². The van der Waals surface area contributed by atoms with Gasteiger partial charge in [0.1, 0.15) is 0 Å². The van der Waals surface area contributed by atoms with E-state index in [1.165, 1.54) is 43.7 Å². The summed E-state index contributed by atoms with van der Waals surface area (Å²) in [6.07, 6.45) is 4.67. The summed E-state index contributed by atoms with van der Waals surface area (Å²) in [5.74, 6) is 0.875. The van der Waals surface area contributed by atoms with Gasteiger partial charge in [-0.05, 0) is 32.2 Å². The van der Waals surface area contributed by atoms with Crippen molar-refractivity contribution in [2.45, 2.75) is 33.2 Å². The molecule has 2 heterocycles. The lowest BCUT2D eigenvalue weighted by atomic mass is 10.0. The Kier molecular flexibility index (Phi) is 4.57. The molecular weight excluding hydrogens is 212 g/mol. The van der Waals surface area contributed by atoms with Crippen LogP contribution in [0.1, 0.15) is 31.0 Å². The second-order valence-corrected chi connectivity index (χ2v) is 5.25. The van der Waals surface area contributed by atoms with Crippen LogP contribution in [0.15, 0.2) is 6.20 Å². The van der Waals surface area contributed by atoms with Crippen molar-refractivity contribution >= 4 is 0 Å². The van der Waals surface area contributed by atoms with Crippen molar-refractivity contribution < 1.29 is 0 Å². The number of aryl methyl sites for hydroxylation is 1. The highest BCUT2D eigenvalue weighted by Gasteiger charge is 2.15. The number of piperidine rings is 1. The molecule has 1 aliphatic heterocycles. The number of H-pyrrole nitrogens is 1. The molecule has 0 spiro atoms. The number of aromatic amines is 1. The summed E-state index contributed by atoms with van der Waals surface area (Å²) in [6, 6.07) is 0. The van der Waals surface area contributed by atoms with E-state index in [1.807, 2.05) is 6.20 Å². The smallest absolute Gasteiger partial charge is 0.0535 e. The molecule has 0 aliphatic carbocycles. The third-order valence-corrected chi connectivity index (χ3v) is 3.60. The lowest BCUT2D eigenvalue weighted by Gasteiger charge is -2.30. The molecule has 1 atom stereocenters. The molecule has 1 aliphatic rings. The molecule has 1 aromatic rings. The fourth-order valence-electron chi connectivity index (χ4n) is 2.50. The van der Waals surface area contributed by atoms with Crippen molar-refractivity contribution in [1.82, 2.24) is 20.4 Å². The van der Waals surface area contributed by atoms with Crippen LogP contribution < -0.4 is 5.32 Å². The van der Waals surface area contributed by atoms with E-state index in [9.17, 15) is 0 Å². The predicted octanol–water partition coefficient (Wildman–Crippen LogP) is 1.54. The molecular formula is C13H24N4. The van der Waals surface area contributed by atoms with Crippen LogP contribution in [0.25, 0.3) is 0 Å². The number of hydrogen-bond donors (Lipinski definition) is 2. The van der Waals surface area contributed by atoms with Crippen LogP contribution in [0.4, 0.5) is 0 Å². The van der Waals surface area contributed by atoms with E-state index >= 15 is 0 Å². The van der Waals surface area contributed by atoms with Crippen LogP contribution in [0.3, 0.4) is 0 Å². The highest BCUT2D eigenvalue weighted by molar-refractivity contribution is 5.13. The summed E-state index contributed by atoms with van der Waals surface area (Å²) in [6.45, 7) is 10.1. The number of aromatic nitrogens is 2. The Morgan fingerprint density at radius 2 is 2.47 bits per heavy atom. The second kappa shape index (κ2) is 6.17. The number of nitrogens with zero attached hydrogens (tertiary/aromatic N) is 2. The highest BCUT2D eigenvalue weighted by atomic mass is 15.1. The molecule has 1 unspecified atom stereocenters. The molecule has 4 nitrogen and oxygen atoms in total. The van der Waals surface area contributed by atoms with Gasteiger partial charge in [-0.3, -0.25) is 5.10 Å². The first-order valence-electron chi connectivity index (χ1n) is 6.67. The molecule has 2 rings (SSSR count). The Morgan fingerprint density at radius 3 is 3.18 bits per heavy atom. The SMILES string of the molecule is Cc1[nH]ncc1CNCCN1CCCC(C)C1. The molecule has 1 aromatic heterocycles. The van der Waals surface area contributed by atoms with Crippen LogP contribution in [0.5, 0.6) is 0 Å². The molecule has 0 bridgehead atoms. The molecule has 1 saturated heterocycles. The van der Waals surface area contributed by atoms with Gasteiger partial charge < -0.3 is 10.2 Å². The Bertz CT molecular complexity index is 334. The number of hydrogen-bond acceptors (Lipinski definition) is 3. The topological polar surface area (TPSA) is 44.0 Å². The van der Waals surface area contributed by atoms with Crippen molar-refractivity contribution in [3.8, 4) is 0 Å². The lowest BCUT2D eigenvalue weighted by molar-refractivity contribution is 0.184. The van der Waals surface area contributed by atoms with E-state index in [4.69, 9.17) is 0 Å². The van der Waals surface area contributed by atoms with Crippen LogP contribution in [0.2, 0.25) is 0 Å². The van der Waals surface area contributed by atoms with Gasteiger partial charge in [0.2, 0.25) is 0 Å². The first-order chi connectivity index (χ1) is 8.25. The molecule has 96 valence electrons. The van der Waals surface area contributed by atoms with Gasteiger partial charge in [0.15, 0.2) is 0 Å². The standard InChI is InChI=1S/C13H24N4/c1-11-4-3-6-17(10-11)7-5-14-8-13-9-15-16-12(13)2/h9,11,14H,3-8,10H2,1-2H3,(H,15,16). The fraction of sp³-hybridized carbons (Fsp3) is 0.769. The summed E-state index contributed by atoms with van der Waals surface area (Å²) in [7, 11) is 0. The molecule has 0 amide bonds. The monoisotopic (exact) mass is 236 g/mol. The fourth-order valence-corrected chi connectivity index (χ4v) is 2.50. The van der Waals surface area contributed by atoms with Gasteiger partial charge in [-0.25, -0.2) is 0 Å². The minimum Gasteiger partial charge on any atom is -0.311 e. The van der Waals surface area contributed by atoms with Crippen molar-refractivity contribution in [2.24, 2.45) is 5.92 Å². The summed E-state index contributed by atoms with van der Waals surface area (Å²) < 4.78 is 0. The zero-order valence-corrected chi connectivity index (χ0v) is 11.0. The van der Waals surface area contributed by atoms with Crippen LogP contribution >= 0.6 is 0 Å². The molecule has 0 radical (unpaired) electrons. The van der Waals surface area contributed by atoms with Gasteiger partial charge in [0.25, 0.3) is 0 Å². The summed E-state index contributed by atoms with van der Waals surface area (Å²) >= 11 is 0. The Labute approximate surface area is 104 Å². The number of likely N-dealkylation sites (tertiary alicyclic amines) is 1. The third-order valence-electron chi connectivity index (χ3n) is 3.60. The third kappa shape index (κ3) is 3.82. The zero-order chi connectivity index (χ0) is 12.1. The van der Waals surface area contributed by atoms with Crippen molar-refractivity contribution in [1.29, 1.82) is 0 Å². The molecule has 17 heavy (non-hydrogen) atoms. The second-order valence-electron chi connectivity index (χ2n) is 5.25. The van der Waals surface area contributed by atoms with E-state index in [1.54, 1.807) is 0 Å². The molecule has 0 saturated carbocycles. The quantitative estimate of drug-likeness (QED) is 0.762. The Balaban J connectivity index is 1.61. The average molecular weight is 236 g/mol. The Morgan fingerprint density at radius 1 is 1.59 bits per heavy atom. The first-order valence-corrected chi connectivity index (χ1v) is 6.67. The van der Waals surface area contributed by atoms with E-state index < -0.39 is 0 Å². The number of rotatable bonds is 5. The molecule has 0 aromatic carbocycles. The van der Waals surface area contributed by atoms with Gasteiger partial charge in [0.05, 0.1) is 6.20 Å². The van der Waals surface area contributed by atoms with Crippen LogP contribution in [-0.2, 0) is 6.54 Å². The minimum atomic E-state index is 0.875. The molecule has 1 fully saturated rings. The average Bonchev–Trinajstić information content (AvgIpc) is 2.71. The molecule has 2 N–H and O–H groups in total. The normalized spacial score (nSPS) is 21.9. The summed E-state index contributed by atoms with van der Waals surface area (Å²) in [5, 5.41) is 10.5. The van der Waals surface area contributed by atoms with Gasteiger partial charge in [-0.2, -0.15) is 5.10 Å². The first kappa shape index (κ1) is 12.6. The zero-order valence-electron chi connectivity index (χ0n) is 11.0. The maximum absolute atomic E-state index is 4.02. The van der Waals surface area contributed by atoms with Gasteiger partial charge >= 0.3 is 0 Å². The van der Waals surface area contributed by atoms with E-state index in [2.05, 4.69) is 34.3 Å². The minimum absolute atomic E-state index is 0.875. The van der Waals surface area contributed by atoms with E-state index in [0.717, 1.165) is 19.0 Å². The maximum Gasteiger partial charge on any atom is 0.0535 e. The number of nitrogens with one attached hydrogen (secondary N) is 2. The summed E-state index contributed by atoms with van der Waals surface area (Å²) in [4.78, 5) is 2.57. The largest absolute Gasteiger partial charge is 0.311 e. The van der Waals surface area contributed by atoms with E-state index in [-0.39, 0.29) is 0 Å². The Hall–Kier alpha value is -0.870. The van der Waals surface area contributed by atoms with Crippen molar-refractivity contribution in [3.05, 3.63) is 17.5 Å². The van der Waals surface area contributed by atoms with Crippen LogP contribution in [-0.4, -0.2) is 41.3 Å². The molecule has 4 heteroatoms. The van der Waals surface area contributed by atoms with Crippen LogP contribution in [0, 0.1) is 12.8 Å². The van der Waals surface area contributed by atoms with Crippen molar-refractivity contribution in [2.75, 3.05) is 26.2 Å². The van der Waals surface area contributed by atoms with Gasteiger partial charge in [-0.1, -0.05) is 6.92 Å². The maximum atomic E-state index is 4.02. The summed E-state index contributed by atoms with van der Waals surface area (Å²) in [5.41, 5.74) is 2.45.